The van der Waals surface area contributed by atoms with Crippen molar-refractivity contribution >= 4 is 47.1 Å². The van der Waals surface area contributed by atoms with Crippen molar-refractivity contribution in [3.8, 4) is 11.4 Å². The topological polar surface area (TPSA) is 165 Å². The summed E-state index contributed by atoms with van der Waals surface area (Å²) in [6.07, 6.45) is 4.23. The molecule has 0 radical (unpaired) electrons. The minimum atomic E-state index is -0.307. The Labute approximate surface area is 267 Å². The highest BCUT2D eigenvalue weighted by molar-refractivity contribution is 5.99. The predicted molar refractivity (Wildman–Crippen MR) is 179 cm³/mol. The number of morpholine rings is 1. The Balaban J connectivity index is 1.28. The second-order valence-corrected chi connectivity index (χ2v) is 11.0. The third kappa shape index (κ3) is 8.04. The van der Waals surface area contributed by atoms with Crippen LogP contribution in [-0.2, 0) is 20.7 Å². The number of amides is 4. The van der Waals surface area contributed by atoms with Crippen LogP contribution in [0.2, 0.25) is 0 Å². The van der Waals surface area contributed by atoms with Crippen LogP contribution in [0.15, 0.2) is 61.2 Å². The van der Waals surface area contributed by atoms with Crippen molar-refractivity contribution in [1.29, 1.82) is 5.41 Å². The first-order valence-corrected chi connectivity index (χ1v) is 15.3. The van der Waals surface area contributed by atoms with E-state index >= 15 is 0 Å². The van der Waals surface area contributed by atoms with E-state index in [2.05, 4.69) is 32.7 Å². The Bertz CT molecular complexity index is 1560. The van der Waals surface area contributed by atoms with Crippen LogP contribution in [0.25, 0.3) is 11.4 Å². The number of anilines is 4. The Morgan fingerprint density at radius 1 is 0.957 bits per heavy atom. The SMILES string of the molecule is C=CC(=O)Nc1ccc(CC(=O)N2CCC(Nc3nc(-c4ccc(NC(=O)NC)cc4)nc(N4CCOCC4)c3C=N)CC2)cc1. The van der Waals surface area contributed by atoms with Gasteiger partial charge in [-0.2, -0.15) is 0 Å². The van der Waals surface area contributed by atoms with Gasteiger partial charge >= 0.3 is 6.03 Å². The molecule has 13 nitrogen and oxygen atoms in total. The van der Waals surface area contributed by atoms with Gasteiger partial charge in [-0.1, -0.05) is 18.7 Å². The van der Waals surface area contributed by atoms with Gasteiger partial charge < -0.3 is 41.2 Å². The number of aromatic nitrogens is 2. The number of piperidine rings is 1. The molecule has 0 spiro atoms. The Morgan fingerprint density at radius 3 is 2.24 bits per heavy atom. The second-order valence-electron chi connectivity index (χ2n) is 11.0. The molecule has 2 fully saturated rings. The maximum absolute atomic E-state index is 13.1. The van der Waals surface area contributed by atoms with Crippen molar-refractivity contribution in [2.24, 2.45) is 0 Å². The zero-order valence-corrected chi connectivity index (χ0v) is 25.8. The molecule has 46 heavy (non-hydrogen) atoms. The van der Waals surface area contributed by atoms with Gasteiger partial charge in [-0.25, -0.2) is 14.8 Å². The van der Waals surface area contributed by atoms with E-state index in [-0.39, 0.29) is 30.3 Å². The summed E-state index contributed by atoms with van der Waals surface area (Å²) in [5, 5.41) is 19.8. The minimum absolute atomic E-state index is 0.0507. The monoisotopic (exact) mass is 625 g/mol. The average Bonchev–Trinajstić information content (AvgIpc) is 3.09. The lowest BCUT2D eigenvalue weighted by Crippen LogP contribution is -2.43. The van der Waals surface area contributed by atoms with E-state index in [1.807, 2.05) is 29.2 Å². The first kappa shape index (κ1) is 32.1. The molecule has 0 unspecified atom stereocenters. The van der Waals surface area contributed by atoms with E-state index in [1.165, 1.54) is 12.3 Å². The number of hydrogen-bond donors (Lipinski definition) is 5. The summed E-state index contributed by atoms with van der Waals surface area (Å²) >= 11 is 0. The summed E-state index contributed by atoms with van der Waals surface area (Å²) in [6.45, 7) is 7.09. The van der Waals surface area contributed by atoms with E-state index in [4.69, 9.17) is 20.1 Å². The second kappa shape index (κ2) is 15.1. The Kier molecular flexibility index (Phi) is 10.6. The molecule has 4 amide bonds. The molecule has 2 aliphatic rings. The number of rotatable bonds is 10. The van der Waals surface area contributed by atoms with E-state index in [0.29, 0.717) is 73.8 Å². The molecule has 2 aromatic carbocycles. The molecule has 0 aliphatic carbocycles. The number of carbonyl (C=O) groups is 3. The number of urea groups is 1. The highest BCUT2D eigenvalue weighted by Crippen LogP contribution is 2.30. The lowest BCUT2D eigenvalue weighted by molar-refractivity contribution is -0.131. The molecule has 2 aliphatic heterocycles. The number of nitrogens with zero attached hydrogens (tertiary/aromatic N) is 4. The normalized spacial score (nSPS) is 15.1. The first-order valence-electron chi connectivity index (χ1n) is 15.3. The van der Waals surface area contributed by atoms with Gasteiger partial charge in [0.2, 0.25) is 11.8 Å². The molecule has 0 bridgehead atoms. The third-order valence-corrected chi connectivity index (χ3v) is 7.96. The van der Waals surface area contributed by atoms with Gasteiger partial charge in [-0.05, 0) is 60.9 Å². The standard InChI is InChI=1S/C33H39N9O4/c1-3-28(43)36-24-8-4-22(5-9-24)20-29(44)41-14-12-26(13-15-41)37-31-27(21-34)32(42-16-18-46-19-17-42)40-30(39-31)23-6-10-25(11-7-23)38-33(45)35-2/h3-11,21,26,34H,1,12-20H2,2H3,(H,36,43)(H2,35,38,45)(H,37,39,40). The smallest absolute Gasteiger partial charge is 0.318 e. The van der Waals surface area contributed by atoms with Crippen molar-refractivity contribution < 1.29 is 19.1 Å². The minimum Gasteiger partial charge on any atom is -0.378 e. The number of hydrogen-bond acceptors (Lipinski definition) is 9. The van der Waals surface area contributed by atoms with Crippen molar-refractivity contribution in [1.82, 2.24) is 20.2 Å². The summed E-state index contributed by atoms with van der Waals surface area (Å²) in [7, 11) is 1.56. The van der Waals surface area contributed by atoms with Gasteiger partial charge in [0.05, 0.1) is 25.2 Å². The molecule has 5 rings (SSSR count). The van der Waals surface area contributed by atoms with Crippen LogP contribution in [-0.4, -0.2) is 91.4 Å². The maximum atomic E-state index is 13.1. The number of benzene rings is 2. The van der Waals surface area contributed by atoms with Gasteiger partial charge in [0, 0.05) is 62.4 Å². The van der Waals surface area contributed by atoms with Crippen molar-refractivity contribution in [3.63, 3.8) is 0 Å². The first-order chi connectivity index (χ1) is 22.4. The molecule has 0 atom stereocenters. The molecule has 240 valence electrons. The molecular weight excluding hydrogens is 586 g/mol. The van der Waals surface area contributed by atoms with Crippen molar-refractivity contribution in [2.45, 2.75) is 25.3 Å². The summed E-state index contributed by atoms with van der Waals surface area (Å²) < 4.78 is 5.56. The fourth-order valence-corrected chi connectivity index (χ4v) is 5.39. The van der Waals surface area contributed by atoms with E-state index in [0.717, 1.165) is 24.0 Å². The zero-order chi connectivity index (χ0) is 32.5. The summed E-state index contributed by atoms with van der Waals surface area (Å²) in [5.41, 5.74) is 3.54. The predicted octanol–water partition coefficient (Wildman–Crippen LogP) is 3.50. The van der Waals surface area contributed by atoms with E-state index < -0.39 is 0 Å². The largest absolute Gasteiger partial charge is 0.378 e. The highest BCUT2D eigenvalue weighted by Gasteiger charge is 2.26. The quantitative estimate of drug-likeness (QED) is 0.169. The zero-order valence-electron chi connectivity index (χ0n) is 25.8. The number of ether oxygens (including phenoxy) is 1. The summed E-state index contributed by atoms with van der Waals surface area (Å²) in [5.74, 6) is 1.51. The summed E-state index contributed by atoms with van der Waals surface area (Å²) in [4.78, 5) is 50.1. The molecule has 0 saturated carbocycles. The van der Waals surface area contributed by atoms with Crippen LogP contribution in [0.4, 0.5) is 27.8 Å². The van der Waals surface area contributed by atoms with Crippen molar-refractivity contribution in [3.05, 3.63) is 72.3 Å². The maximum Gasteiger partial charge on any atom is 0.318 e. The number of nitrogens with one attached hydrogen (secondary N) is 5. The molecule has 3 aromatic rings. The molecule has 2 saturated heterocycles. The van der Waals surface area contributed by atoms with Crippen LogP contribution in [0.1, 0.15) is 24.0 Å². The van der Waals surface area contributed by atoms with Gasteiger partial charge in [-0.3, -0.25) is 9.59 Å². The Hall–Kier alpha value is -5.30. The van der Waals surface area contributed by atoms with Crippen molar-refractivity contribution in [2.75, 3.05) is 67.3 Å². The lowest BCUT2D eigenvalue weighted by Gasteiger charge is -2.34. The average molecular weight is 626 g/mol. The Morgan fingerprint density at radius 2 is 1.61 bits per heavy atom. The summed E-state index contributed by atoms with van der Waals surface area (Å²) in [6, 6.07) is 14.3. The molecule has 5 N–H and O–H groups in total. The molecule has 3 heterocycles. The van der Waals surface area contributed by atoms with Gasteiger partial charge in [-0.15, -0.1) is 0 Å². The fourth-order valence-electron chi connectivity index (χ4n) is 5.39. The highest BCUT2D eigenvalue weighted by atomic mass is 16.5. The van der Waals surface area contributed by atoms with Crippen LogP contribution >= 0.6 is 0 Å². The van der Waals surface area contributed by atoms with Crippen LogP contribution in [0.5, 0.6) is 0 Å². The van der Waals surface area contributed by atoms with Gasteiger partial charge in [0.1, 0.15) is 11.6 Å². The molecule has 13 heteroatoms. The van der Waals surface area contributed by atoms with Crippen LogP contribution in [0.3, 0.4) is 0 Å². The number of carbonyl (C=O) groups excluding carboxylic acids is 3. The molecule has 1 aromatic heterocycles. The van der Waals surface area contributed by atoms with Gasteiger partial charge in [0.15, 0.2) is 5.82 Å². The van der Waals surface area contributed by atoms with E-state index in [9.17, 15) is 14.4 Å². The third-order valence-electron chi connectivity index (χ3n) is 7.96. The van der Waals surface area contributed by atoms with Crippen LogP contribution < -0.4 is 26.2 Å². The molecular formula is C33H39N9O4. The van der Waals surface area contributed by atoms with Gasteiger partial charge in [0.25, 0.3) is 0 Å². The number of likely N-dealkylation sites (tertiary alicyclic amines) is 1. The van der Waals surface area contributed by atoms with Crippen LogP contribution in [0, 0.1) is 5.41 Å². The fraction of sp³-hybridized carbons (Fsp3) is 0.333. The van der Waals surface area contributed by atoms with E-state index in [1.54, 1.807) is 31.3 Å². The lowest BCUT2D eigenvalue weighted by atomic mass is 10.0.